The average molecular weight is 459 g/mol. The van der Waals surface area contributed by atoms with Crippen LogP contribution < -0.4 is 4.74 Å². The van der Waals surface area contributed by atoms with Gasteiger partial charge < -0.3 is 35.0 Å². The van der Waals surface area contributed by atoms with Crippen molar-refractivity contribution in [1.29, 1.82) is 0 Å². The van der Waals surface area contributed by atoms with Gasteiger partial charge in [0.25, 0.3) is 0 Å². The van der Waals surface area contributed by atoms with Crippen LogP contribution in [0.3, 0.4) is 0 Å². The molecule has 5 N–H and O–H groups in total. The molecule has 33 heavy (non-hydrogen) atoms. The molecule has 0 aromatic heterocycles. The molecule has 1 saturated heterocycles. The highest BCUT2D eigenvalue weighted by Gasteiger charge is 2.44. The summed E-state index contributed by atoms with van der Waals surface area (Å²) in [6.45, 7) is 1.57. The predicted molar refractivity (Wildman–Crippen MR) is 122 cm³/mol. The highest BCUT2D eigenvalue weighted by Crippen LogP contribution is 2.33. The Hall–Kier alpha value is -2.00. The zero-order valence-corrected chi connectivity index (χ0v) is 18.9. The van der Waals surface area contributed by atoms with E-state index < -0.39 is 37.1 Å². The molecule has 1 saturated carbocycles. The van der Waals surface area contributed by atoms with Gasteiger partial charge >= 0.3 is 0 Å². The number of benzene rings is 2. The number of aliphatic hydroxyl groups is 5. The van der Waals surface area contributed by atoms with E-state index in [1.165, 1.54) is 0 Å². The van der Waals surface area contributed by atoms with Gasteiger partial charge in [-0.15, -0.1) is 0 Å². The summed E-state index contributed by atoms with van der Waals surface area (Å²) in [7, 11) is 0. The van der Waals surface area contributed by atoms with Crippen LogP contribution in [-0.4, -0.2) is 68.8 Å². The lowest BCUT2D eigenvalue weighted by Crippen LogP contribution is -2.55. The third-order valence-corrected chi connectivity index (χ3v) is 6.86. The Balaban J connectivity index is 1.45. The van der Waals surface area contributed by atoms with Gasteiger partial charge in [0.2, 0.25) is 0 Å². The van der Waals surface area contributed by atoms with Crippen LogP contribution in [0.1, 0.15) is 54.0 Å². The second-order valence-electron chi connectivity index (χ2n) is 9.30. The standard InChI is InChI=1S/C26H34O7/c1-15-2-5-17(26-25(31)24(30)23(29)22(14-27)33-26)13-18(15)12-16-3-8-20(9-4-16)32-21-10-6-19(28)7-11-21/h2-5,8-9,13,19,21-31H,6-7,10-12,14H2,1H3/t19?,21?,22-,23-,24+,25-,26+/m1/s1. The summed E-state index contributed by atoms with van der Waals surface area (Å²) in [5.41, 5.74) is 3.94. The normalized spacial score (nSPS) is 32.5. The summed E-state index contributed by atoms with van der Waals surface area (Å²) >= 11 is 0. The van der Waals surface area contributed by atoms with E-state index in [2.05, 4.69) is 0 Å². The first-order chi connectivity index (χ1) is 15.9. The van der Waals surface area contributed by atoms with Crippen molar-refractivity contribution in [2.45, 2.75) is 81.8 Å². The van der Waals surface area contributed by atoms with E-state index in [1.807, 2.05) is 49.4 Å². The van der Waals surface area contributed by atoms with Crippen LogP contribution >= 0.6 is 0 Å². The van der Waals surface area contributed by atoms with Crippen LogP contribution in [0, 0.1) is 6.92 Å². The molecule has 0 spiro atoms. The van der Waals surface area contributed by atoms with E-state index in [4.69, 9.17) is 9.47 Å². The summed E-state index contributed by atoms with van der Waals surface area (Å²) in [5.74, 6) is 0.826. The topological polar surface area (TPSA) is 120 Å². The summed E-state index contributed by atoms with van der Waals surface area (Å²) in [5, 5.41) is 49.7. The highest BCUT2D eigenvalue weighted by molar-refractivity contribution is 5.38. The molecule has 1 aliphatic carbocycles. The van der Waals surface area contributed by atoms with Gasteiger partial charge in [-0.3, -0.25) is 0 Å². The van der Waals surface area contributed by atoms with Crippen LogP contribution in [0.2, 0.25) is 0 Å². The van der Waals surface area contributed by atoms with Crippen LogP contribution in [-0.2, 0) is 11.2 Å². The molecule has 1 heterocycles. The van der Waals surface area contributed by atoms with Crippen LogP contribution in [0.25, 0.3) is 0 Å². The minimum atomic E-state index is -1.40. The van der Waals surface area contributed by atoms with E-state index in [0.717, 1.165) is 48.1 Å². The minimum absolute atomic E-state index is 0.150. The third kappa shape index (κ3) is 5.57. The smallest absolute Gasteiger partial charge is 0.119 e. The number of aliphatic hydroxyl groups excluding tert-OH is 5. The van der Waals surface area contributed by atoms with Gasteiger partial charge in [-0.2, -0.15) is 0 Å². The summed E-state index contributed by atoms with van der Waals surface area (Å²) in [4.78, 5) is 0. The van der Waals surface area contributed by atoms with Crippen LogP contribution in [0.5, 0.6) is 5.75 Å². The van der Waals surface area contributed by atoms with E-state index in [0.29, 0.717) is 12.0 Å². The molecule has 5 atom stereocenters. The van der Waals surface area contributed by atoms with Crippen molar-refractivity contribution in [3.63, 3.8) is 0 Å². The van der Waals surface area contributed by atoms with E-state index in [9.17, 15) is 25.5 Å². The number of hydrogen-bond donors (Lipinski definition) is 5. The molecular weight excluding hydrogens is 424 g/mol. The molecule has 2 aliphatic rings. The molecule has 2 aromatic carbocycles. The molecule has 7 nitrogen and oxygen atoms in total. The zero-order valence-electron chi connectivity index (χ0n) is 18.9. The Morgan fingerprint density at radius 2 is 1.58 bits per heavy atom. The molecule has 0 amide bonds. The quantitative estimate of drug-likeness (QED) is 0.448. The molecule has 2 aromatic rings. The lowest BCUT2D eigenvalue weighted by Gasteiger charge is -2.40. The van der Waals surface area contributed by atoms with Gasteiger partial charge in [-0.05, 0) is 73.4 Å². The van der Waals surface area contributed by atoms with Crippen molar-refractivity contribution in [2.24, 2.45) is 0 Å². The Morgan fingerprint density at radius 3 is 2.24 bits per heavy atom. The fourth-order valence-electron chi connectivity index (χ4n) is 4.70. The summed E-state index contributed by atoms with van der Waals surface area (Å²) in [6, 6.07) is 13.7. The lowest BCUT2D eigenvalue weighted by molar-refractivity contribution is -0.231. The van der Waals surface area contributed by atoms with Crippen molar-refractivity contribution in [2.75, 3.05) is 6.61 Å². The number of rotatable bonds is 6. The van der Waals surface area contributed by atoms with Gasteiger partial charge in [-0.1, -0.05) is 30.3 Å². The fraction of sp³-hybridized carbons (Fsp3) is 0.538. The minimum Gasteiger partial charge on any atom is -0.490 e. The molecule has 4 rings (SSSR count). The first-order valence-corrected chi connectivity index (χ1v) is 11.7. The fourth-order valence-corrected chi connectivity index (χ4v) is 4.70. The molecule has 7 heteroatoms. The molecule has 0 unspecified atom stereocenters. The Bertz CT molecular complexity index is 905. The second-order valence-corrected chi connectivity index (χ2v) is 9.30. The van der Waals surface area contributed by atoms with Crippen LogP contribution in [0.15, 0.2) is 42.5 Å². The maximum Gasteiger partial charge on any atom is 0.119 e. The number of aryl methyl sites for hydroxylation is 1. The Labute approximate surface area is 194 Å². The van der Waals surface area contributed by atoms with Gasteiger partial charge in [0.1, 0.15) is 36.3 Å². The largest absolute Gasteiger partial charge is 0.490 e. The summed E-state index contributed by atoms with van der Waals surface area (Å²) in [6.07, 6.45) is -1.91. The van der Waals surface area contributed by atoms with Crippen molar-refractivity contribution in [1.82, 2.24) is 0 Å². The Morgan fingerprint density at radius 1 is 0.879 bits per heavy atom. The monoisotopic (exact) mass is 458 g/mol. The Kier molecular flexibility index (Phi) is 7.69. The molecular formula is C26H34O7. The lowest BCUT2D eigenvalue weighted by atomic mass is 9.89. The summed E-state index contributed by atoms with van der Waals surface area (Å²) < 4.78 is 11.8. The number of ether oxygens (including phenoxy) is 2. The van der Waals surface area contributed by atoms with E-state index in [1.54, 1.807) is 0 Å². The van der Waals surface area contributed by atoms with Gasteiger partial charge in [-0.25, -0.2) is 0 Å². The van der Waals surface area contributed by atoms with Crippen molar-refractivity contribution in [3.05, 3.63) is 64.7 Å². The molecule has 1 aliphatic heterocycles. The van der Waals surface area contributed by atoms with E-state index >= 15 is 0 Å². The molecule has 0 radical (unpaired) electrons. The highest BCUT2D eigenvalue weighted by atomic mass is 16.5. The van der Waals surface area contributed by atoms with Crippen molar-refractivity contribution in [3.8, 4) is 5.75 Å². The second kappa shape index (κ2) is 10.5. The van der Waals surface area contributed by atoms with Gasteiger partial charge in [0.15, 0.2) is 0 Å². The molecule has 2 fully saturated rings. The third-order valence-electron chi connectivity index (χ3n) is 6.86. The van der Waals surface area contributed by atoms with Gasteiger partial charge in [0.05, 0.1) is 18.8 Å². The predicted octanol–water partition coefficient (Wildman–Crippen LogP) is 1.78. The SMILES string of the molecule is Cc1ccc([C@@H]2O[C@H](CO)[C@@H](O)[C@H](O)[C@H]2O)cc1Cc1ccc(OC2CCC(O)CC2)cc1. The molecule has 180 valence electrons. The van der Waals surface area contributed by atoms with Crippen molar-refractivity contribution >= 4 is 0 Å². The van der Waals surface area contributed by atoms with Gasteiger partial charge in [0, 0.05) is 0 Å². The molecule has 0 bridgehead atoms. The first-order valence-electron chi connectivity index (χ1n) is 11.7. The average Bonchev–Trinajstić information content (AvgIpc) is 2.82. The zero-order chi connectivity index (χ0) is 23.5. The number of hydrogen-bond acceptors (Lipinski definition) is 7. The van der Waals surface area contributed by atoms with Crippen molar-refractivity contribution < 1.29 is 35.0 Å². The maximum absolute atomic E-state index is 10.5. The maximum atomic E-state index is 10.5. The van der Waals surface area contributed by atoms with Crippen LogP contribution in [0.4, 0.5) is 0 Å². The first kappa shape index (κ1) is 24.1. The van der Waals surface area contributed by atoms with E-state index in [-0.39, 0.29) is 12.2 Å².